The number of fused-ring (bicyclic) bond motifs is 5. The van der Waals surface area contributed by atoms with Crippen molar-refractivity contribution in [3.8, 4) is 0 Å². The summed E-state index contributed by atoms with van der Waals surface area (Å²) in [6.07, 6.45) is -7.01. The van der Waals surface area contributed by atoms with Gasteiger partial charge < -0.3 is 40.2 Å². The maximum atomic E-state index is 16.4. The Labute approximate surface area is 303 Å². The minimum Gasteiger partial charge on any atom is -0.454 e. The predicted octanol–water partition coefficient (Wildman–Crippen LogP) is 2.35. The molecule has 6 N–H and O–H groups in total. The van der Waals surface area contributed by atoms with Gasteiger partial charge >= 0.3 is 19.5 Å². The highest BCUT2D eigenvalue weighted by atomic mass is 32.7. The number of carbonyl (C=O) groups excluding carboxylic acids is 1. The molecule has 4 aromatic rings. The van der Waals surface area contributed by atoms with Crippen LogP contribution in [0.2, 0.25) is 0 Å². The fraction of sp³-hybridized carbons (Fsp3) is 0.556. The fourth-order valence-corrected chi connectivity index (χ4v) is 9.90. The number of anilines is 2. The zero-order valence-corrected chi connectivity index (χ0v) is 31.0. The summed E-state index contributed by atoms with van der Waals surface area (Å²) in [7, 11) is 0. The van der Waals surface area contributed by atoms with Gasteiger partial charge in [0.2, 0.25) is 0 Å². The van der Waals surface area contributed by atoms with Crippen LogP contribution in [0.15, 0.2) is 31.2 Å². The number of nitrogen functional groups attached to an aromatic ring is 2. The van der Waals surface area contributed by atoms with Gasteiger partial charge in [-0.2, -0.15) is 0 Å². The molecule has 10 atom stereocenters. The van der Waals surface area contributed by atoms with Crippen LogP contribution in [0.1, 0.15) is 33.2 Å². The van der Waals surface area contributed by atoms with Crippen LogP contribution in [0.4, 0.5) is 15.9 Å². The van der Waals surface area contributed by atoms with Gasteiger partial charge in [-0.15, -0.1) is 0 Å². The third-order valence-electron chi connectivity index (χ3n) is 8.32. The van der Waals surface area contributed by atoms with Gasteiger partial charge in [-0.05, 0) is 38.6 Å². The number of hydrogen-bond acceptors (Lipinski definition) is 19. The van der Waals surface area contributed by atoms with E-state index in [1.807, 2.05) is 0 Å². The minimum atomic E-state index is -4.53. The molecule has 0 aromatic carbocycles. The molecule has 0 amide bonds. The number of imidazole rings is 2. The third-order valence-corrected chi connectivity index (χ3v) is 13.2. The van der Waals surface area contributed by atoms with E-state index in [1.165, 1.54) is 40.4 Å². The highest BCUT2D eigenvalue weighted by molar-refractivity contribution is 8.55. The summed E-state index contributed by atoms with van der Waals surface area (Å²) in [6.45, 7) is -5.17. The first-order valence-corrected chi connectivity index (χ1v) is 21.3. The van der Waals surface area contributed by atoms with Crippen LogP contribution in [0.3, 0.4) is 0 Å². The van der Waals surface area contributed by atoms with Crippen molar-refractivity contribution in [2.45, 2.75) is 69.9 Å². The molecule has 0 spiro atoms. The van der Waals surface area contributed by atoms with Gasteiger partial charge in [0.25, 0.3) is 0 Å². The number of ether oxygens (including phenoxy) is 3. The lowest BCUT2D eigenvalue weighted by Crippen LogP contribution is -2.35. The summed E-state index contributed by atoms with van der Waals surface area (Å²) < 4.78 is 74.4. The standard InChI is InChI=1S/C27H34FN9O11P2S2/c1-27(2,3)26(39)42-11-52-50(41)44-7-14-19(15(28)24(46-14)36-9-34-16-12(29)4-5-31-22(16)36)47-49(40,51)43-6-13-18(38)20(48-50)25(45-13)37-10-35-17-21(30)32-8-33-23(17)37/h4-5,8-10,13-15,18-20,24-25,38H,6-7,11H2,1-3H3,(H2,29,31)(H,40,51)(H2,30,32,33)/t13-,14-,15?,18+,19+,20?,24-,25-,49?,50?/m1/s1. The van der Waals surface area contributed by atoms with Crippen molar-refractivity contribution in [3.05, 3.63) is 31.2 Å². The second kappa shape index (κ2) is 14.1. The van der Waals surface area contributed by atoms with Crippen molar-refractivity contribution in [2.75, 3.05) is 30.6 Å². The Hall–Kier alpha value is -2.92. The molecule has 0 aliphatic carbocycles. The monoisotopic (exact) mass is 805 g/mol. The number of aromatic nitrogens is 7. The molecule has 3 saturated heterocycles. The highest BCUT2D eigenvalue weighted by Gasteiger charge is 2.54. The molecule has 7 heterocycles. The average molecular weight is 806 g/mol. The Morgan fingerprint density at radius 2 is 1.69 bits per heavy atom. The quantitative estimate of drug-likeness (QED) is 0.128. The number of alkyl halides is 1. The van der Waals surface area contributed by atoms with Crippen LogP contribution in [0.25, 0.3) is 22.3 Å². The minimum absolute atomic E-state index is 0.0589. The van der Waals surface area contributed by atoms with Gasteiger partial charge in [0.05, 0.1) is 37.0 Å². The molecular weight excluding hydrogens is 771 g/mol. The first-order chi connectivity index (χ1) is 24.6. The summed E-state index contributed by atoms with van der Waals surface area (Å²) in [5, 5.41) is 11.5. The van der Waals surface area contributed by atoms with Crippen LogP contribution in [-0.2, 0) is 53.5 Å². The summed E-state index contributed by atoms with van der Waals surface area (Å²) >= 11 is 5.74. The Kier molecular flexibility index (Phi) is 10.1. The lowest BCUT2D eigenvalue weighted by atomic mass is 9.98. The van der Waals surface area contributed by atoms with Crippen molar-refractivity contribution in [1.29, 1.82) is 0 Å². The van der Waals surface area contributed by atoms with Crippen LogP contribution in [0, 0.1) is 5.41 Å². The molecule has 52 heavy (non-hydrogen) atoms. The normalized spacial score (nSPS) is 34.4. The molecule has 3 fully saturated rings. The number of aliphatic hydroxyl groups is 1. The Morgan fingerprint density at radius 3 is 2.44 bits per heavy atom. The van der Waals surface area contributed by atoms with E-state index in [0.29, 0.717) is 11.4 Å². The molecule has 0 saturated carbocycles. The summed E-state index contributed by atoms with van der Waals surface area (Å²) in [4.78, 5) is 44.5. The molecule has 3 aliphatic heterocycles. The zero-order chi connectivity index (χ0) is 37.2. The third kappa shape index (κ3) is 7.17. The Bertz CT molecular complexity index is 2090. The molecule has 20 nitrogen and oxygen atoms in total. The summed E-state index contributed by atoms with van der Waals surface area (Å²) in [5.41, 5.74) is 12.3. The summed E-state index contributed by atoms with van der Waals surface area (Å²) in [5.74, 6) is -1.05. The molecule has 25 heteroatoms. The number of aliphatic hydroxyl groups excluding tert-OH is 1. The number of rotatable bonds is 5. The fourth-order valence-electron chi connectivity index (χ4n) is 5.69. The molecule has 7 rings (SSSR count). The van der Waals surface area contributed by atoms with Crippen molar-refractivity contribution >= 4 is 76.5 Å². The molecular formula is C27H34FN9O11P2S2. The Morgan fingerprint density at radius 1 is 1.02 bits per heavy atom. The van der Waals surface area contributed by atoms with Crippen molar-refractivity contribution in [3.63, 3.8) is 0 Å². The molecule has 282 valence electrons. The van der Waals surface area contributed by atoms with Crippen molar-refractivity contribution in [2.24, 2.45) is 5.41 Å². The van der Waals surface area contributed by atoms with Crippen molar-refractivity contribution < 1.29 is 56.1 Å². The van der Waals surface area contributed by atoms with Crippen LogP contribution < -0.4 is 11.5 Å². The predicted molar refractivity (Wildman–Crippen MR) is 184 cm³/mol. The molecule has 3 aliphatic rings. The maximum absolute atomic E-state index is 16.4. The smallest absolute Gasteiger partial charge is 0.392 e. The zero-order valence-electron chi connectivity index (χ0n) is 27.6. The Balaban J connectivity index is 1.23. The van der Waals surface area contributed by atoms with E-state index in [2.05, 4.69) is 24.9 Å². The maximum Gasteiger partial charge on any atom is 0.392 e. The largest absolute Gasteiger partial charge is 0.454 e. The lowest BCUT2D eigenvalue weighted by molar-refractivity contribution is -0.150. The van der Waals surface area contributed by atoms with E-state index in [4.69, 9.17) is 55.6 Å². The number of hydrogen-bond donors (Lipinski definition) is 4. The molecule has 0 radical (unpaired) electrons. The topological polar surface area (TPSA) is 266 Å². The second-order valence-electron chi connectivity index (χ2n) is 12.9. The van der Waals surface area contributed by atoms with Gasteiger partial charge in [0.15, 0.2) is 35.7 Å². The van der Waals surface area contributed by atoms with Crippen molar-refractivity contribution in [1.82, 2.24) is 34.1 Å². The lowest BCUT2D eigenvalue weighted by Gasteiger charge is -2.28. The average Bonchev–Trinajstić information content (AvgIpc) is 3.84. The molecule has 2 bridgehead atoms. The van der Waals surface area contributed by atoms with Crippen LogP contribution >= 0.6 is 24.9 Å². The van der Waals surface area contributed by atoms with Gasteiger partial charge in [0, 0.05) is 17.6 Å². The van der Waals surface area contributed by atoms with Gasteiger partial charge in [-0.25, -0.2) is 33.9 Å². The summed E-state index contributed by atoms with van der Waals surface area (Å²) in [6, 6.07) is 1.53. The number of nitrogens with zero attached hydrogens (tertiary/aromatic N) is 7. The van der Waals surface area contributed by atoms with Crippen LogP contribution in [0.5, 0.6) is 0 Å². The first kappa shape index (κ1) is 37.4. The van der Waals surface area contributed by atoms with Gasteiger partial charge in [0.1, 0.15) is 53.8 Å². The van der Waals surface area contributed by atoms with E-state index in [1.54, 1.807) is 20.8 Å². The van der Waals surface area contributed by atoms with E-state index >= 15 is 4.39 Å². The highest BCUT2D eigenvalue weighted by Crippen LogP contribution is 2.64. The van der Waals surface area contributed by atoms with E-state index < -0.39 is 93.2 Å². The number of nitrogens with two attached hydrogens (primary N) is 2. The van der Waals surface area contributed by atoms with Gasteiger partial charge in [-0.3, -0.25) is 27.5 Å². The van der Waals surface area contributed by atoms with E-state index in [0.717, 1.165) is 0 Å². The second-order valence-corrected chi connectivity index (χ2v) is 19.7. The van der Waals surface area contributed by atoms with Gasteiger partial charge in [-0.1, -0.05) is 0 Å². The van der Waals surface area contributed by atoms with Crippen LogP contribution in [-0.4, -0.2) is 106 Å². The number of halogens is 1. The SMILES string of the molecule is CC(C)(C)C(=O)OCSP1(=O)OC[C@H]2O[C@@H](n3cnc4c(N)ccnc43)C(F)[C@H]2OP(O)(=S)OC[C@H]2O[C@@H](n3cnc4c(N)ncnc43)C(O1)[C@H]2O. The number of carbonyl (C=O) groups is 1. The van der Waals surface area contributed by atoms with E-state index in [-0.39, 0.29) is 33.8 Å². The first-order valence-electron chi connectivity index (χ1n) is 15.6. The number of pyridine rings is 1. The molecule has 4 unspecified atom stereocenters. The number of esters is 1. The van der Waals surface area contributed by atoms with E-state index in [9.17, 15) is 19.4 Å². The molecule has 4 aromatic heterocycles.